The maximum Gasteiger partial charge on any atom is 0.0795 e. The second-order valence-corrected chi connectivity index (χ2v) is 5.83. The van der Waals surface area contributed by atoms with Gasteiger partial charge >= 0.3 is 0 Å². The van der Waals surface area contributed by atoms with Gasteiger partial charge in [-0.1, -0.05) is 28.1 Å². The first-order valence-electron chi connectivity index (χ1n) is 5.72. The zero-order valence-electron chi connectivity index (χ0n) is 9.32. The summed E-state index contributed by atoms with van der Waals surface area (Å²) < 4.78 is 1.24. The third-order valence-electron chi connectivity index (χ3n) is 3.23. The third kappa shape index (κ3) is 2.30. The van der Waals surface area contributed by atoms with Crippen molar-refractivity contribution in [1.29, 1.82) is 0 Å². The molecule has 1 aliphatic carbocycles. The van der Waals surface area contributed by atoms with Crippen molar-refractivity contribution in [2.24, 2.45) is 0 Å². The van der Waals surface area contributed by atoms with E-state index in [0.29, 0.717) is 6.04 Å². The van der Waals surface area contributed by atoms with Gasteiger partial charge in [-0.05, 0) is 30.0 Å². The van der Waals surface area contributed by atoms with Gasteiger partial charge in [-0.15, -0.1) is 11.3 Å². The Labute approximate surface area is 113 Å². The van der Waals surface area contributed by atoms with Crippen molar-refractivity contribution in [2.45, 2.75) is 25.4 Å². The molecule has 1 unspecified atom stereocenters. The Hall–Kier alpha value is -0.710. The second kappa shape index (κ2) is 4.88. The van der Waals surface area contributed by atoms with Crippen LogP contribution in [0.25, 0.3) is 0 Å². The first kappa shape index (κ1) is 11.4. The van der Waals surface area contributed by atoms with Crippen molar-refractivity contribution in [2.75, 3.05) is 0 Å². The van der Waals surface area contributed by atoms with Crippen LogP contribution in [0.4, 0.5) is 0 Å². The van der Waals surface area contributed by atoms with Gasteiger partial charge in [-0.25, -0.2) is 4.98 Å². The van der Waals surface area contributed by atoms with Crippen LogP contribution in [0, 0.1) is 0 Å². The van der Waals surface area contributed by atoms with Crippen LogP contribution in [0.5, 0.6) is 0 Å². The Bertz CT molecular complexity index is 510. The van der Waals surface area contributed by atoms with Crippen LogP contribution in [0.3, 0.4) is 0 Å². The van der Waals surface area contributed by atoms with Crippen LogP contribution in [0.2, 0.25) is 0 Å². The number of aromatic nitrogens is 1. The number of benzene rings is 1. The molecule has 0 spiro atoms. The van der Waals surface area contributed by atoms with Gasteiger partial charge in [0, 0.05) is 22.4 Å². The lowest BCUT2D eigenvalue weighted by Gasteiger charge is -2.13. The lowest BCUT2D eigenvalue weighted by molar-refractivity contribution is 0.526. The largest absolute Gasteiger partial charge is 0.304 e. The Morgan fingerprint density at radius 3 is 3.24 bits per heavy atom. The van der Waals surface area contributed by atoms with Crippen LogP contribution in [0.1, 0.15) is 29.3 Å². The zero-order valence-corrected chi connectivity index (χ0v) is 11.7. The Morgan fingerprint density at radius 1 is 1.47 bits per heavy atom. The van der Waals surface area contributed by atoms with Crippen molar-refractivity contribution in [3.05, 3.63) is 50.4 Å². The molecule has 0 radical (unpaired) electrons. The maximum absolute atomic E-state index is 4.30. The molecule has 0 bridgehead atoms. The van der Waals surface area contributed by atoms with Crippen LogP contribution in [-0.2, 0) is 13.0 Å². The smallest absolute Gasteiger partial charge is 0.0795 e. The van der Waals surface area contributed by atoms with E-state index in [0.717, 1.165) is 18.7 Å². The van der Waals surface area contributed by atoms with Crippen molar-refractivity contribution in [3.8, 4) is 0 Å². The predicted molar refractivity (Wildman–Crippen MR) is 74.2 cm³/mol. The van der Waals surface area contributed by atoms with Crippen molar-refractivity contribution in [1.82, 2.24) is 10.3 Å². The van der Waals surface area contributed by atoms with Crippen LogP contribution in [-0.4, -0.2) is 4.98 Å². The fraction of sp³-hybridized carbons (Fsp3) is 0.308. The van der Waals surface area contributed by atoms with Gasteiger partial charge in [0.05, 0.1) is 11.2 Å². The monoisotopic (exact) mass is 308 g/mol. The Kier molecular flexibility index (Phi) is 3.27. The minimum absolute atomic E-state index is 0.476. The molecule has 88 valence electrons. The summed E-state index contributed by atoms with van der Waals surface area (Å²) >= 11 is 5.28. The van der Waals surface area contributed by atoms with Gasteiger partial charge in [0.15, 0.2) is 0 Å². The van der Waals surface area contributed by atoms with E-state index in [1.807, 2.05) is 5.51 Å². The molecule has 0 saturated carbocycles. The lowest BCUT2D eigenvalue weighted by atomic mass is 10.1. The summed E-state index contributed by atoms with van der Waals surface area (Å²) in [5.74, 6) is 0. The van der Waals surface area contributed by atoms with Crippen molar-refractivity contribution in [3.63, 3.8) is 0 Å². The van der Waals surface area contributed by atoms with E-state index in [-0.39, 0.29) is 0 Å². The molecule has 2 aromatic rings. The molecular weight excluding hydrogens is 296 g/mol. The highest BCUT2D eigenvalue weighted by molar-refractivity contribution is 9.10. The average Bonchev–Trinajstić information content (AvgIpc) is 2.95. The van der Waals surface area contributed by atoms with E-state index in [9.17, 15) is 0 Å². The number of nitrogens with one attached hydrogen (secondary N) is 1. The molecule has 0 saturated heterocycles. The van der Waals surface area contributed by atoms with Gasteiger partial charge in [-0.2, -0.15) is 0 Å². The Morgan fingerprint density at radius 2 is 2.41 bits per heavy atom. The minimum Gasteiger partial charge on any atom is -0.304 e. The third-order valence-corrected chi connectivity index (χ3v) is 4.60. The molecule has 1 aromatic heterocycles. The zero-order chi connectivity index (χ0) is 11.7. The van der Waals surface area contributed by atoms with Crippen LogP contribution in [0.15, 0.2) is 33.6 Å². The molecule has 17 heavy (non-hydrogen) atoms. The van der Waals surface area contributed by atoms with Crippen molar-refractivity contribution < 1.29 is 0 Å². The van der Waals surface area contributed by atoms with E-state index in [1.54, 1.807) is 11.3 Å². The summed E-state index contributed by atoms with van der Waals surface area (Å²) in [5.41, 5.74) is 5.92. The number of hydrogen-bond acceptors (Lipinski definition) is 3. The quantitative estimate of drug-likeness (QED) is 0.935. The SMILES string of the molecule is Brc1cccc2c1CCC2NCc1cscn1. The van der Waals surface area contributed by atoms with E-state index < -0.39 is 0 Å². The molecule has 0 aliphatic heterocycles. The minimum atomic E-state index is 0.476. The molecule has 1 atom stereocenters. The summed E-state index contributed by atoms with van der Waals surface area (Å²) in [6, 6.07) is 6.95. The molecule has 1 aromatic carbocycles. The molecule has 1 heterocycles. The highest BCUT2D eigenvalue weighted by Gasteiger charge is 2.23. The van der Waals surface area contributed by atoms with Gasteiger partial charge in [0.2, 0.25) is 0 Å². The standard InChI is InChI=1S/C13H13BrN2S/c14-12-3-1-2-11-10(12)4-5-13(11)15-6-9-7-17-8-16-9/h1-3,7-8,13,15H,4-6H2. The molecule has 1 aliphatic rings. The first-order valence-corrected chi connectivity index (χ1v) is 7.46. The number of nitrogens with zero attached hydrogens (tertiary/aromatic N) is 1. The summed E-state index contributed by atoms with van der Waals surface area (Å²) in [6.45, 7) is 0.861. The first-order chi connectivity index (χ1) is 8.34. The molecule has 2 nitrogen and oxygen atoms in total. The molecule has 3 rings (SSSR count). The highest BCUT2D eigenvalue weighted by Crippen LogP contribution is 2.35. The number of thiazole rings is 1. The van der Waals surface area contributed by atoms with Crippen molar-refractivity contribution >= 4 is 27.3 Å². The summed E-state index contributed by atoms with van der Waals surface area (Å²) in [7, 11) is 0. The van der Waals surface area contributed by atoms with Gasteiger partial charge in [0.1, 0.15) is 0 Å². The van der Waals surface area contributed by atoms with Gasteiger partial charge in [-0.3, -0.25) is 0 Å². The van der Waals surface area contributed by atoms with E-state index in [2.05, 4.69) is 49.8 Å². The summed E-state index contributed by atoms with van der Waals surface area (Å²) in [4.78, 5) is 4.30. The lowest BCUT2D eigenvalue weighted by Crippen LogP contribution is -2.18. The highest BCUT2D eigenvalue weighted by atomic mass is 79.9. The number of hydrogen-bond donors (Lipinski definition) is 1. The number of rotatable bonds is 3. The fourth-order valence-electron chi connectivity index (χ4n) is 2.37. The molecule has 1 N–H and O–H groups in total. The van der Waals surface area contributed by atoms with E-state index in [4.69, 9.17) is 0 Å². The number of halogens is 1. The molecule has 0 fully saturated rings. The van der Waals surface area contributed by atoms with Gasteiger partial charge < -0.3 is 5.32 Å². The second-order valence-electron chi connectivity index (χ2n) is 4.26. The summed E-state index contributed by atoms with van der Waals surface area (Å²) in [5, 5.41) is 5.69. The van der Waals surface area contributed by atoms with Gasteiger partial charge in [0.25, 0.3) is 0 Å². The molecular formula is C13H13BrN2S. The normalized spacial score (nSPS) is 18.3. The topological polar surface area (TPSA) is 24.9 Å². The molecule has 4 heteroatoms. The van der Waals surface area contributed by atoms with Crippen LogP contribution < -0.4 is 5.32 Å². The maximum atomic E-state index is 4.30. The summed E-state index contributed by atoms with van der Waals surface area (Å²) in [6.07, 6.45) is 2.34. The Balaban J connectivity index is 1.73. The average molecular weight is 309 g/mol. The molecule has 0 amide bonds. The van der Waals surface area contributed by atoms with Crippen LogP contribution >= 0.6 is 27.3 Å². The van der Waals surface area contributed by atoms with E-state index in [1.165, 1.54) is 22.0 Å². The van der Waals surface area contributed by atoms with E-state index >= 15 is 0 Å². The predicted octanol–water partition coefficient (Wildman–Crippen LogP) is 3.68. The fourth-order valence-corrected chi connectivity index (χ4v) is 3.51. The number of fused-ring (bicyclic) bond motifs is 1.